The van der Waals surface area contributed by atoms with Gasteiger partial charge in [-0.3, -0.25) is 14.4 Å². The molecule has 3 fully saturated rings. The van der Waals surface area contributed by atoms with Gasteiger partial charge in [0.25, 0.3) is 0 Å². The summed E-state index contributed by atoms with van der Waals surface area (Å²) in [6.45, 7) is 13.7. The van der Waals surface area contributed by atoms with Gasteiger partial charge in [0.1, 0.15) is 0 Å². The lowest BCUT2D eigenvalue weighted by atomic mass is 9.91. The highest BCUT2D eigenvalue weighted by atomic mass is 16.5. The molecule has 43 heavy (non-hydrogen) atoms. The summed E-state index contributed by atoms with van der Waals surface area (Å²) in [6.07, 6.45) is 11.1. The molecule has 3 atom stereocenters. The van der Waals surface area contributed by atoms with Crippen LogP contribution in [0, 0.1) is 11.8 Å². The molecule has 9 heteroatoms. The maximum atomic E-state index is 12.2. The van der Waals surface area contributed by atoms with E-state index in [2.05, 4.69) is 72.5 Å². The number of amides is 3. The van der Waals surface area contributed by atoms with E-state index in [0.717, 1.165) is 84.2 Å². The second-order valence-electron chi connectivity index (χ2n) is 13.1. The van der Waals surface area contributed by atoms with Gasteiger partial charge in [-0.15, -0.1) is 0 Å². The van der Waals surface area contributed by atoms with Crippen molar-refractivity contribution in [3.05, 3.63) is 48.7 Å². The Balaban J connectivity index is 0.000000428. The van der Waals surface area contributed by atoms with E-state index in [1.165, 1.54) is 10.5 Å². The lowest BCUT2D eigenvalue weighted by Gasteiger charge is -2.45. The van der Waals surface area contributed by atoms with Crippen molar-refractivity contribution in [1.82, 2.24) is 19.6 Å². The van der Waals surface area contributed by atoms with Crippen LogP contribution in [0.3, 0.4) is 0 Å². The van der Waals surface area contributed by atoms with Crippen molar-refractivity contribution in [3.8, 4) is 0 Å². The summed E-state index contributed by atoms with van der Waals surface area (Å²) in [7, 11) is 3.91. The molecule has 0 spiro atoms. The molecule has 1 aromatic carbocycles. The van der Waals surface area contributed by atoms with E-state index in [1.807, 2.05) is 6.20 Å². The van der Waals surface area contributed by atoms with E-state index in [9.17, 15) is 14.4 Å². The Morgan fingerprint density at radius 3 is 2.44 bits per heavy atom. The minimum atomic E-state index is -0.377. The van der Waals surface area contributed by atoms with Gasteiger partial charge < -0.3 is 30.1 Å². The van der Waals surface area contributed by atoms with Gasteiger partial charge in [-0.2, -0.15) is 0 Å². The summed E-state index contributed by atoms with van der Waals surface area (Å²) in [5.41, 5.74) is 6.29. The van der Waals surface area contributed by atoms with E-state index in [0.29, 0.717) is 18.5 Å². The standard InChI is InChI=1S/C28H45N3O2.C6H10N2O2/c1-5-30(17-9-12-25-10-7-6-8-11-25)27-13-16-28(20-27,31(23-32)24(2)3)22-29(4)21-26-14-18-33-19-15-26;1-8-3-4(6(7)10)2-5(8)9/h5-8,10-11,23-24,26-27H,1,9,12-22H2,2-4H3;4H,2-3H2,1H3,(H2,7,10). The molecule has 9 nitrogen and oxygen atoms in total. The number of rotatable bonds is 14. The van der Waals surface area contributed by atoms with E-state index >= 15 is 0 Å². The Morgan fingerprint density at radius 1 is 1.21 bits per heavy atom. The zero-order valence-electron chi connectivity index (χ0n) is 27.0. The first-order valence-electron chi connectivity index (χ1n) is 16.0. The van der Waals surface area contributed by atoms with Crippen LogP contribution in [0.4, 0.5) is 0 Å². The molecule has 3 amide bonds. The Bertz CT molecular complexity index is 1030. The SMILES string of the molecule is C=CN(CCCc1ccccc1)C1CCC(CN(C)CC2CCOCC2)(N(C=O)C(C)C)C1.CN1CC(C(N)=O)CC1=O. The third-order valence-electron chi connectivity index (χ3n) is 9.42. The van der Waals surface area contributed by atoms with Gasteiger partial charge in [0.05, 0.1) is 11.5 Å². The fourth-order valence-electron chi connectivity index (χ4n) is 7.13. The van der Waals surface area contributed by atoms with Gasteiger partial charge in [0, 0.05) is 64.9 Å². The normalized spacial score (nSPS) is 24.1. The molecule has 0 radical (unpaired) electrons. The number of ether oxygens (including phenoxy) is 1. The van der Waals surface area contributed by atoms with Crippen molar-refractivity contribution in [1.29, 1.82) is 0 Å². The molecule has 0 aromatic heterocycles. The number of nitrogens with zero attached hydrogens (tertiary/aromatic N) is 4. The highest BCUT2D eigenvalue weighted by Crippen LogP contribution is 2.39. The molecule has 0 bridgehead atoms. The fourth-order valence-corrected chi connectivity index (χ4v) is 7.13. The molecule has 1 aliphatic carbocycles. The number of likely N-dealkylation sites (tertiary alicyclic amines) is 1. The fraction of sp³-hybridized carbons (Fsp3) is 0.676. The molecule has 2 aliphatic heterocycles. The third-order valence-corrected chi connectivity index (χ3v) is 9.42. The first kappa shape index (κ1) is 34.6. The van der Waals surface area contributed by atoms with Gasteiger partial charge in [-0.1, -0.05) is 36.9 Å². The van der Waals surface area contributed by atoms with Gasteiger partial charge in [-0.25, -0.2) is 0 Å². The van der Waals surface area contributed by atoms with E-state index in [4.69, 9.17) is 10.5 Å². The number of primary amides is 1. The summed E-state index contributed by atoms with van der Waals surface area (Å²) >= 11 is 0. The minimum Gasteiger partial charge on any atom is -0.381 e. The topological polar surface area (TPSA) is 99.4 Å². The molecule has 240 valence electrons. The molecule has 3 unspecified atom stereocenters. The quantitative estimate of drug-likeness (QED) is 0.330. The van der Waals surface area contributed by atoms with E-state index in [1.54, 1.807) is 7.05 Å². The highest BCUT2D eigenvalue weighted by molar-refractivity contribution is 5.88. The molecule has 1 aromatic rings. The summed E-state index contributed by atoms with van der Waals surface area (Å²) < 4.78 is 5.55. The van der Waals surface area contributed by atoms with Gasteiger partial charge in [-0.05, 0) is 83.5 Å². The smallest absolute Gasteiger partial charge is 0.223 e. The van der Waals surface area contributed by atoms with Crippen LogP contribution in [-0.4, -0.2) is 109 Å². The maximum absolute atomic E-state index is 12.2. The number of aryl methyl sites for hydroxylation is 1. The molecule has 2 heterocycles. The van der Waals surface area contributed by atoms with E-state index < -0.39 is 0 Å². The number of carbonyl (C=O) groups excluding carboxylic acids is 3. The Kier molecular flexibility index (Phi) is 13.5. The maximum Gasteiger partial charge on any atom is 0.223 e. The molecular weight excluding hydrogens is 542 g/mol. The number of hydrogen-bond donors (Lipinski definition) is 1. The zero-order chi connectivity index (χ0) is 31.4. The number of hydrogen-bond acceptors (Lipinski definition) is 6. The van der Waals surface area contributed by atoms with Crippen LogP contribution in [0.2, 0.25) is 0 Å². The number of nitrogens with two attached hydrogens (primary N) is 1. The Morgan fingerprint density at radius 2 is 1.91 bits per heavy atom. The largest absolute Gasteiger partial charge is 0.381 e. The second kappa shape index (κ2) is 16.8. The van der Waals surface area contributed by atoms with Gasteiger partial charge in [0.15, 0.2) is 0 Å². The molecule has 3 aliphatic rings. The predicted molar refractivity (Wildman–Crippen MR) is 171 cm³/mol. The van der Waals surface area contributed by atoms with Crippen molar-refractivity contribution in [2.75, 3.05) is 53.5 Å². The van der Waals surface area contributed by atoms with E-state index in [-0.39, 0.29) is 35.7 Å². The first-order valence-corrected chi connectivity index (χ1v) is 16.0. The van der Waals surface area contributed by atoms with Gasteiger partial charge >= 0.3 is 0 Å². The van der Waals surface area contributed by atoms with Crippen LogP contribution in [0.5, 0.6) is 0 Å². The van der Waals surface area contributed by atoms with Gasteiger partial charge in [0.2, 0.25) is 18.2 Å². The predicted octanol–water partition coefficient (Wildman–Crippen LogP) is 3.53. The monoisotopic (exact) mass is 597 g/mol. The first-order chi connectivity index (χ1) is 20.6. The lowest BCUT2D eigenvalue weighted by Crippen LogP contribution is -2.56. The molecule has 1 saturated carbocycles. The molecule has 2 N–H and O–H groups in total. The summed E-state index contributed by atoms with van der Waals surface area (Å²) in [6, 6.07) is 11.4. The van der Waals surface area contributed by atoms with Crippen molar-refractivity contribution in [3.63, 3.8) is 0 Å². The van der Waals surface area contributed by atoms with Crippen molar-refractivity contribution in [2.45, 2.75) is 82.8 Å². The Hall–Kier alpha value is -2.91. The number of carbonyl (C=O) groups is 3. The lowest BCUT2D eigenvalue weighted by molar-refractivity contribution is -0.128. The Labute approximate surface area is 259 Å². The van der Waals surface area contributed by atoms with Crippen LogP contribution < -0.4 is 5.73 Å². The average Bonchev–Trinajstić information content (AvgIpc) is 3.55. The van der Waals surface area contributed by atoms with Crippen molar-refractivity contribution >= 4 is 18.2 Å². The number of benzene rings is 1. The number of likely N-dealkylation sites (N-methyl/N-ethyl adjacent to an activating group) is 1. The van der Waals surface area contributed by atoms with Crippen LogP contribution in [0.25, 0.3) is 0 Å². The van der Waals surface area contributed by atoms with Crippen LogP contribution in [0.1, 0.15) is 64.4 Å². The van der Waals surface area contributed by atoms with Crippen molar-refractivity contribution < 1.29 is 19.1 Å². The van der Waals surface area contributed by atoms with Crippen molar-refractivity contribution in [2.24, 2.45) is 17.6 Å². The summed E-state index contributed by atoms with van der Waals surface area (Å²) in [5, 5.41) is 0. The highest BCUT2D eigenvalue weighted by Gasteiger charge is 2.46. The second-order valence-corrected chi connectivity index (χ2v) is 13.1. The van der Waals surface area contributed by atoms with Crippen LogP contribution in [0.15, 0.2) is 43.1 Å². The zero-order valence-corrected chi connectivity index (χ0v) is 27.0. The average molecular weight is 598 g/mol. The molecule has 4 rings (SSSR count). The molecular formula is C34H55N5O4. The summed E-state index contributed by atoms with van der Waals surface area (Å²) in [4.78, 5) is 42.1. The summed E-state index contributed by atoms with van der Waals surface area (Å²) in [5.74, 6) is 0.0587. The molecule has 2 saturated heterocycles. The minimum absolute atomic E-state index is 0.00352. The van der Waals surface area contributed by atoms with Crippen LogP contribution >= 0.6 is 0 Å². The third kappa shape index (κ3) is 10.1. The van der Waals surface area contributed by atoms with Crippen LogP contribution in [-0.2, 0) is 25.5 Å².